The molecule has 35 heavy (non-hydrogen) atoms. The maximum Gasteiger partial charge on any atom is 0.323 e. The van der Waals surface area contributed by atoms with E-state index in [4.69, 9.17) is 16.7 Å². The van der Waals surface area contributed by atoms with Crippen LogP contribution in [0.2, 0.25) is 5.02 Å². The zero-order valence-electron chi connectivity index (χ0n) is 19.6. The van der Waals surface area contributed by atoms with Crippen LogP contribution in [0.5, 0.6) is 0 Å². The first kappa shape index (κ1) is 25.0. The molecule has 0 radical (unpaired) electrons. The zero-order valence-corrected chi connectivity index (χ0v) is 21.2. The molecule has 3 N–H and O–H groups in total. The van der Waals surface area contributed by atoms with Crippen molar-refractivity contribution in [3.8, 4) is 0 Å². The second-order valence-corrected chi connectivity index (χ2v) is 10.4. The molecule has 4 rings (SSSR count). The highest BCUT2D eigenvalue weighted by Gasteiger charge is 2.25. The summed E-state index contributed by atoms with van der Waals surface area (Å²) in [5.74, 6) is 0.0512. The molecule has 1 fully saturated rings. The number of hydrogen-bond acceptors (Lipinski definition) is 3. The van der Waals surface area contributed by atoms with Crippen molar-refractivity contribution in [3.05, 3.63) is 79.8 Å². The number of nitrogens with one attached hydrogen (secondary N) is 2. The number of rotatable bonds is 6. The van der Waals surface area contributed by atoms with E-state index in [1.807, 2.05) is 24.3 Å². The first-order valence-corrected chi connectivity index (χ1v) is 13.0. The molecule has 3 aromatic rings. The summed E-state index contributed by atoms with van der Waals surface area (Å²) in [6.45, 7) is 6.49. The third kappa shape index (κ3) is 6.32. The number of carboxylic acids is 1. The monoisotopic (exact) mass is 508 g/mol. The molecule has 182 valence electrons. The van der Waals surface area contributed by atoms with E-state index in [0.717, 1.165) is 42.0 Å². The molecule has 2 amide bonds. The summed E-state index contributed by atoms with van der Waals surface area (Å²) in [5.41, 5.74) is 4.85. The van der Waals surface area contributed by atoms with Gasteiger partial charge in [0.2, 0.25) is 0 Å². The van der Waals surface area contributed by atoms with Crippen LogP contribution in [0.4, 0.5) is 16.2 Å². The number of anilines is 2. The van der Waals surface area contributed by atoms with Gasteiger partial charge in [-0.3, -0.25) is 4.79 Å². The second kappa shape index (κ2) is 11.1. The topological polar surface area (TPSA) is 78.4 Å². The Bertz CT molecular complexity index is 1320. The maximum absolute atomic E-state index is 12.3. The Kier molecular flexibility index (Phi) is 7.93. The molecular weight excluding hydrogens is 480 g/mol. The number of amides is 2. The molecule has 2 aromatic carbocycles. The fraction of sp³-hybridized carbons (Fsp3) is 0.286. The lowest BCUT2D eigenvalue weighted by atomic mass is 9.78. The van der Waals surface area contributed by atoms with Crippen LogP contribution in [0.15, 0.2) is 53.9 Å². The molecule has 0 spiro atoms. The van der Waals surface area contributed by atoms with Gasteiger partial charge in [-0.05, 0) is 102 Å². The van der Waals surface area contributed by atoms with E-state index in [2.05, 4.69) is 29.5 Å². The number of carboxylic acid groups (broad SMARTS) is 1. The van der Waals surface area contributed by atoms with Crippen molar-refractivity contribution >= 4 is 58.5 Å². The average molecular weight is 509 g/mol. The minimum absolute atomic E-state index is 0.277. The molecule has 7 heteroatoms. The minimum atomic E-state index is -0.697. The van der Waals surface area contributed by atoms with Crippen LogP contribution in [0.3, 0.4) is 0 Å². The van der Waals surface area contributed by atoms with Gasteiger partial charge in [0, 0.05) is 27.4 Å². The van der Waals surface area contributed by atoms with Crippen molar-refractivity contribution in [2.75, 3.05) is 10.6 Å². The van der Waals surface area contributed by atoms with Crippen molar-refractivity contribution in [1.29, 1.82) is 0 Å². The second-order valence-electron chi connectivity index (χ2n) is 9.11. The Balaban J connectivity index is 1.43. The molecule has 1 aromatic heterocycles. The van der Waals surface area contributed by atoms with E-state index in [-0.39, 0.29) is 12.5 Å². The van der Waals surface area contributed by atoms with E-state index >= 15 is 0 Å². The Hall–Kier alpha value is -3.09. The fourth-order valence-corrected chi connectivity index (χ4v) is 6.10. The maximum atomic E-state index is 12.3. The van der Waals surface area contributed by atoms with Gasteiger partial charge in [0.1, 0.15) is 0 Å². The zero-order chi connectivity index (χ0) is 24.9. The minimum Gasteiger partial charge on any atom is -0.481 e. The van der Waals surface area contributed by atoms with Crippen LogP contribution < -0.4 is 20.4 Å². The summed E-state index contributed by atoms with van der Waals surface area (Å²) in [6.07, 6.45) is 4.24. The molecule has 0 atom stereocenters. The van der Waals surface area contributed by atoms with Crippen molar-refractivity contribution in [2.24, 2.45) is 5.92 Å². The highest BCUT2D eigenvalue weighted by atomic mass is 35.5. The van der Waals surface area contributed by atoms with Crippen molar-refractivity contribution < 1.29 is 14.7 Å². The van der Waals surface area contributed by atoms with E-state index in [0.29, 0.717) is 28.2 Å². The third-order valence-electron chi connectivity index (χ3n) is 6.68. The lowest BCUT2D eigenvalue weighted by molar-refractivity contribution is -0.138. The van der Waals surface area contributed by atoms with Crippen molar-refractivity contribution in [2.45, 2.75) is 44.9 Å². The molecule has 0 saturated heterocycles. The predicted octanol–water partition coefficient (Wildman–Crippen LogP) is 6.42. The molecule has 0 unspecified atom stereocenters. The van der Waals surface area contributed by atoms with Gasteiger partial charge >= 0.3 is 12.0 Å². The number of carbonyl (C=O) groups excluding carboxylic acids is 1. The summed E-state index contributed by atoms with van der Waals surface area (Å²) < 4.78 is 1.17. The van der Waals surface area contributed by atoms with E-state index < -0.39 is 5.97 Å². The first-order chi connectivity index (χ1) is 16.8. The Morgan fingerprint density at radius 1 is 1.06 bits per heavy atom. The van der Waals surface area contributed by atoms with Gasteiger partial charge < -0.3 is 15.7 Å². The van der Waals surface area contributed by atoms with E-state index in [9.17, 15) is 9.59 Å². The number of benzene rings is 2. The highest BCUT2D eigenvalue weighted by Crippen LogP contribution is 2.36. The summed E-state index contributed by atoms with van der Waals surface area (Å²) in [6, 6.07) is 14.4. The lowest BCUT2D eigenvalue weighted by Gasteiger charge is -2.27. The standard InChI is InChI=1S/C28H29ClN2O3S/c1-17(27-18(2)25(16-35-27)21-8-6-19(7-9-21)14-26(32)33)20-10-12-23(13-11-20)30-28(34)31-24-5-3-4-22(29)15-24/h3-5,10-13,15-16,19,21H,2,6-9,14H2,1H3,(H,32,33)(H2,30,31,34). The molecule has 1 heterocycles. The molecule has 1 aliphatic rings. The van der Waals surface area contributed by atoms with Crippen LogP contribution in [-0.4, -0.2) is 17.1 Å². The largest absolute Gasteiger partial charge is 0.481 e. The highest BCUT2D eigenvalue weighted by molar-refractivity contribution is 7.08. The van der Waals surface area contributed by atoms with E-state index in [1.54, 1.807) is 35.6 Å². The molecule has 1 aliphatic carbocycles. The summed E-state index contributed by atoms with van der Waals surface area (Å²) in [7, 11) is 0. The van der Waals surface area contributed by atoms with Crippen LogP contribution >= 0.6 is 22.9 Å². The fourth-order valence-electron chi connectivity index (χ4n) is 4.77. The SMILES string of the molecule is C=c1c(C2CCC(CC(=O)O)CC2)csc1=C(C)c1ccc(NC(=O)Nc2cccc(Cl)c2)cc1. The molecular formula is C28H29ClN2O3S. The number of halogens is 1. The summed E-state index contributed by atoms with van der Waals surface area (Å²) >= 11 is 7.68. The molecule has 0 aliphatic heterocycles. The van der Waals surface area contributed by atoms with Gasteiger partial charge in [0.15, 0.2) is 0 Å². The number of carbonyl (C=O) groups is 2. The smallest absolute Gasteiger partial charge is 0.323 e. The molecule has 0 bridgehead atoms. The third-order valence-corrected chi connectivity index (χ3v) is 8.07. The number of hydrogen-bond donors (Lipinski definition) is 3. The van der Waals surface area contributed by atoms with Gasteiger partial charge in [-0.1, -0.05) is 36.4 Å². The Morgan fingerprint density at radius 3 is 2.40 bits per heavy atom. The van der Waals surface area contributed by atoms with Crippen LogP contribution in [0.1, 0.15) is 56.1 Å². The number of thiophene rings is 1. The molecule has 1 saturated carbocycles. The number of aliphatic carboxylic acids is 1. The number of urea groups is 1. The van der Waals surface area contributed by atoms with Crippen molar-refractivity contribution in [3.63, 3.8) is 0 Å². The van der Waals surface area contributed by atoms with Crippen LogP contribution in [-0.2, 0) is 4.79 Å². The average Bonchev–Trinajstić information content (AvgIpc) is 3.20. The summed E-state index contributed by atoms with van der Waals surface area (Å²) in [4.78, 5) is 23.3. The Morgan fingerprint density at radius 2 is 1.74 bits per heavy atom. The predicted molar refractivity (Wildman–Crippen MR) is 145 cm³/mol. The normalized spacial score (nSPS) is 18.6. The van der Waals surface area contributed by atoms with Gasteiger partial charge in [-0.25, -0.2) is 4.79 Å². The first-order valence-electron chi connectivity index (χ1n) is 11.7. The summed E-state index contributed by atoms with van der Waals surface area (Å²) in [5, 5.41) is 18.5. The quantitative estimate of drug-likeness (QED) is 0.359. The van der Waals surface area contributed by atoms with Gasteiger partial charge in [0.25, 0.3) is 0 Å². The molecule has 5 nitrogen and oxygen atoms in total. The lowest BCUT2D eigenvalue weighted by Crippen LogP contribution is -2.26. The van der Waals surface area contributed by atoms with Gasteiger partial charge in [0.05, 0.1) is 0 Å². The van der Waals surface area contributed by atoms with Crippen LogP contribution in [0, 0.1) is 5.92 Å². The Labute approximate surface area is 214 Å². The van der Waals surface area contributed by atoms with Crippen LogP contribution in [0.25, 0.3) is 12.2 Å². The van der Waals surface area contributed by atoms with Gasteiger partial charge in [-0.15, -0.1) is 11.3 Å². The van der Waals surface area contributed by atoms with Crippen molar-refractivity contribution in [1.82, 2.24) is 0 Å². The van der Waals surface area contributed by atoms with Gasteiger partial charge in [-0.2, -0.15) is 0 Å². The van der Waals surface area contributed by atoms with E-state index in [1.165, 1.54) is 10.1 Å².